The molecule has 0 saturated carbocycles. The Morgan fingerprint density at radius 2 is 2.10 bits per heavy atom. The van der Waals surface area contributed by atoms with E-state index in [4.69, 9.17) is 4.74 Å². The van der Waals surface area contributed by atoms with Crippen LogP contribution in [0.25, 0.3) is 0 Å². The van der Waals surface area contributed by atoms with E-state index in [0.717, 1.165) is 25.3 Å². The third-order valence-electron chi connectivity index (χ3n) is 3.78. The lowest BCUT2D eigenvalue weighted by atomic mass is 10.1. The zero-order valence-electron chi connectivity index (χ0n) is 13.2. The molecule has 3 nitrogen and oxygen atoms in total. The maximum absolute atomic E-state index is 12.6. The number of ether oxygens (including phenoxy) is 1. The van der Waals surface area contributed by atoms with Gasteiger partial charge in [-0.05, 0) is 32.0 Å². The van der Waals surface area contributed by atoms with Crippen molar-refractivity contribution in [3.63, 3.8) is 0 Å². The summed E-state index contributed by atoms with van der Waals surface area (Å²) in [5.74, 6) is 1.95. The van der Waals surface area contributed by atoms with E-state index in [-0.39, 0.29) is 5.78 Å². The molecule has 1 heterocycles. The summed E-state index contributed by atoms with van der Waals surface area (Å²) in [6, 6.07) is 7.55. The van der Waals surface area contributed by atoms with Crippen molar-refractivity contribution in [2.75, 3.05) is 32.0 Å². The van der Waals surface area contributed by atoms with Crippen LogP contribution in [0.5, 0.6) is 5.75 Å². The predicted molar refractivity (Wildman–Crippen MR) is 89.5 cm³/mol. The topological polar surface area (TPSA) is 29.5 Å². The van der Waals surface area contributed by atoms with Crippen LogP contribution >= 0.6 is 11.8 Å². The molecule has 0 N–H and O–H groups in total. The molecule has 0 spiro atoms. The highest BCUT2D eigenvalue weighted by atomic mass is 32.2. The first-order valence-corrected chi connectivity index (χ1v) is 8.62. The summed E-state index contributed by atoms with van der Waals surface area (Å²) in [7, 11) is 0. The lowest BCUT2D eigenvalue weighted by Gasteiger charge is -2.22. The lowest BCUT2D eigenvalue weighted by Crippen LogP contribution is -2.32. The van der Waals surface area contributed by atoms with E-state index in [1.807, 2.05) is 43.0 Å². The highest BCUT2D eigenvalue weighted by Gasteiger charge is 2.25. The van der Waals surface area contributed by atoms with Gasteiger partial charge in [-0.25, -0.2) is 0 Å². The number of carbonyl (C=O) groups excluding carboxylic acids is 1. The molecular formula is C17H25NO2S. The van der Waals surface area contributed by atoms with Gasteiger partial charge >= 0.3 is 0 Å². The number of carbonyl (C=O) groups is 1. The zero-order valence-corrected chi connectivity index (χ0v) is 14.0. The Labute approximate surface area is 132 Å². The molecule has 0 aromatic heterocycles. The molecule has 1 saturated heterocycles. The summed E-state index contributed by atoms with van der Waals surface area (Å²) >= 11 is 2.00. The largest absolute Gasteiger partial charge is 0.493 e. The minimum absolute atomic E-state index is 0.156. The monoisotopic (exact) mass is 307 g/mol. The standard InChI is InChI=1S/C17H25NO2S/c1-4-20-16-8-6-5-7-14(16)15(19)13-18-10-9-17(2,3)21-12-11-18/h5-8H,4,9-13H2,1-3H3. The van der Waals surface area contributed by atoms with Crippen LogP contribution < -0.4 is 4.74 Å². The van der Waals surface area contributed by atoms with Gasteiger partial charge in [0.25, 0.3) is 0 Å². The van der Waals surface area contributed by atoms with Crippen LogP contribution in [-0.2, 0) is 0 Å². The van der Waals surface area contributed by atoms with Crippen LogP contribution in [0.15, 0.2) is 24.3 Å². The summed E-state index contributed by atoms with van der Waals surface area (Å²) in [6.45, 7) is 9.55. The first kappa shape index (κ1) is 16.4. The first-order chi connectivity index (χ1) is 10.0. The fourth-order valence-corrected chi connectivity index (χ4v) is 3.62. The third-order valence-corrected chi connectivity index (χ3v) is 5.16. The summed E-state index contributed by atoms with van der Waals surface area (Å²) in [5, 5.41) is 0. The summed E-state index contributed by atoms with van der Waals surface area (Å²) in [4.78, 5) is 14.8. The molecule has 4 heteroatoms. The Balaban J connectivity index is 2.01. The highest BCUT2D eigenvalue weighted by Crippen LogP contribution is 2.30. The second-order valence-electron chi connectivity index (χ2n) is 5.99. The molecule has 1 aliphatic rings. The van der Waals surface area contributed by atoms with Crippen molar-refractivity contribution in [2.45, 2.75) is 31.9 Å². The van der Waals surface area contributed by atoms with Crippen molar-refractivity contribution in [2.24, 2.45) is 0 Å². The molecule has 0 aliphatic carbocycles. The van der Waals surface area contributed by atoms with Gasteiger partial charge in [0.15, 0.2) is 5.78 Å². The Hall–Kier alpha value is -1.00. The molecule has 1 aromatic rings. The minimum Gasteiger partial charge on any atom is -0.493 e. The van der Waals surface area contributed by atoms with Crippen molar-refractivity contribution < 1.29 is 9.53 Å². The van der Waals surface area contributed by atoms with E-state index in [1.54, 1.807) is 0 Å². The minimum atomic E-state index is 0.156. The van der Waals surface area contributed by atoms with E-state index in [2.05, 4.69) is 18.7 Å². The van der Waals surface area contributed by atoms with E-state index < -0.39 is 0 Å². The average Bonchev–Trinajstić information content (AvgIpc) is 2.61. The molecule has 0 unspecified atom stereocenters. The fraction of sp³-hybridized carbons (Fsp3) is 0.588. The van der Waals surface area contributed by atoms with Gasteiger partial charge in [0.1, 0.15) is 5.75 Å². The van der Waals surface area contributed by atoms with Gasteiger partial charge in [0.2, 0.25) is 0 Å². The van der Waals surface area contributed by atoms with Crippen LogP contribution in [0, 0.1) is 0 Å². The second kappa shape index (κ2) is 7.32. The van der Waals surface area contributed by atoms with Gasteiger partial charge in [0.05, 0.1) is 18.7 Å². The maximum Gasteiger partial charge on any atom is 0.180 e. The number of ketones is 1. The van der Waals surface area contributed by atoms with Gasteiger partial charge in [-0.15, -0.1) is 0 Å². The van der Waals surface area contributed by atoms with E-state index >= 15 is 0 Å². The number of thioether (sulfide) groups is 1. The van der Waals surface area contributed by atoms with E-state index in [9.17, 15) is 4.79 Å². The van der Waals surface area contributed by atoms with Crippen molar-refractivity contribution in [3.8, 4) is 5.75 Å². The van der Waals surface area contributed by atoms with Crippen molar-refractivity contribution >= 4 is 17.5 Å². The van der Waals surface area contributed by atoms with Crippen molar-refractivity contribution in [1.29, 1.82) is 0 Å². The lowest BCUT2D eigenvalue weighted by molar-refractivity contribution is 0.0930. The van der Waals surface area contributed by atoms with Crippen molar-refractivity contribution in [1.82, 2.24) is 4.90 Å². The smallest absolute Gasteiger partial charge is 0.180 e. The van der Waals surface area contributed by atoms with Crippen LogP contribution in [0.2, 0.25) is 0 Å². The number of benzene rings is 1. The van der Waals surface area contributed by atoms with E-state index in [1.165, 1.54) is 0 Å². The molecule has 1 aliphatic heterocycles. The van der Waals surface area contributed by atoms with Crippen molar-refractivity contribution in [3.05, 3.63) is 29.8 Å². The number of nitrogens with zero attached hydrogens (tertiary/aromatic N) is 1. The zero-order chi connectivity index (χ0) is 15.3. The first-order valence-electron chi connectivity index (χ1n) is 7.63. The SMILES string of the molecule is CCOc1ccccc1C(=O)CN1CCSC(C)(C)CC1. The number of rotatable bonds is 5. The van der Waals surface area contributed by atoms with Crippen LogP contribution in [0.4, 0.5) is 0 Å². The van der Waals surface area contributed by atoms with Crippen LogP contribution in [0.1, 0.15) is 37.6 Å². The van der Waals surface area contributed by atoms with Gasteiger partial charge in [0, 0.05) is 17.0 Å². The Bertz CT molecular complexity index is 487. The quantitative estimate of drug-likeness (QED) is 0.779. The Kier molecular flexibility index (Phi) is 5.71. The van der Waals surface area contributed by atoms with Crippen LogP contribution in [0.3, 0.4) is 0 Å². The molecule has 116 valence electrons. The number of Topliss-reactive ketones (excluding diaryl/α,β-unsaturated/α-hetero) is 1. The van der Waals surface area contributed by atoms with Gasteiger partial charge in [-0.3, -0.25) is 9.69 Å². The summed E-state index contributed by atoms with van der Waals surface area (Å²) < 4.78 is 5.88. The molecule has 0 bridgehead atoms. The normalized spacial score (nSPS) is 19.0. The molecule has 0 amide bonds. The fourth-order valence-electron chi connectivity index (χ4n) is 2.49. The molecular weight excluding hydrogens is 282 g/mol. The summed E-state index contributed by atoms with van der Waals surface area (Å²) in [5.41, 5.74) is 0.704. The van der Waals surface area contributed by atoms with E-state index in [0.29, 0.717) is 29.2 Å². The molecule has 21 heavy (non-hydrogen) atoms. The van der Waals surface area contributed by atoms with Crippen LogP contribution in [-0.4, -0.2) is 47.4 Å². The predicted octanol–water partition coefficient (Wildman–Crippen LogP) is 3.49. The molecule has 0 radical (unpaired) electrons. The van der Waals surface area contributed by atoms with Gasteiger partial charge < -0.3 is 4.74 Å². The van der Waals surface area contributed by atoms with Gasteiger partial charge in [-0.1, -0.05) is 26.0 Å². The second-order valence-corrected chi connectivity index (χ2v) is 7.79. The molecule has 2 rings (SSSR count). The Morgan fingerprint density at radius 3 is 2.86 bits per heavy atom. The average molecular weight is 307 g/mol. The molecule has 1 aromatic carbocycles. The van der Waals surface area contributed by atoms with Gasteiger partial charge in [-0.2, -0.15) is 11.8 Å². The number of hydrogen-bond donors (Lipinski definition) is 0. The number of hydrogen-bond acceptors (Lipinski definition) is 4. The summed E-state index contributed by atoms with van der Waals surface area (Å²) in [6.07, 6.45) is 1.12. The third kappa shape index (κ3) is 4.75. The number of para-hydroxylation sites is 1. The highest BCUT2D eigenvalue weighted by molar-refractivity contribution is 8.00. The molecule has 0 atom stereocenters. The Morgan fingerprint density at radius 1 is 1.33 bits per heavy atom. The maximum atomic E-state index is 12.6. The molecule has 1 fully saturated rings.